The minimum absolute atomic E-state index is 0.204. The molecule has 162 valence electrons. The van der Waals surface area contributed by atoms with Crippen molar-refractivity contribution in [1.29, 1.82) is 0 Å². The monoisotopic (exact) mass is 445 g/mol. The van der Waals surface area contributed by atoms with E-state index in [4.69, 9.17) is 17.3 Å². The first-order chi connectivity index (χ1) is 15.5. The van der Waals surface area contributed by atoms with Gasteiger partial charge in [-0.3, -0.25) is 9.78 Å². The first-order valence-corrected chi connectivity index (χ1v) is 10.4. The topological polar surface area (TPSA) is 92.4 Å². The maximum absolute atomic E-state index is 12.6. The van der Waals surface area contributed by atoms with Crippen LogP contribution in [0.25, 0.3) is 0 Å². The number of hydrogen-bond acceptors (Lipinski definition) is 5. The quantitative estimate of drug-likeness (QED) is 0.327. The van der Waals surface area contributed by atoms with Crippen molar-refractivity contribution in [3.63, 3.8) is 0 Å². The van der Waals surface area contributed by atoms with Crippen molar-refractivity contribution in [2.45, 2.75) is 12.8 Å². The summed E-state index contributed by atoms with van der Waals surface area (Å²) in [5.41, 5.74) is 10.9. The Morgan fingerprint density at radius 1 is 1.16 bits per heavy atom. The van der Waals surface area contributed by atoms with Gasteiger partial charge in [-0.05, 0) is 66.7 Å². The van der Waals surface area contributed by atoms with E-state index in [-0.39, 0.29) is 5.91 Å². The van der Waals surface area contributed by atoms with Crippen LogP contribution in [0, 0.1) is 6.92 Å². The number of nitrogens with one attached hydrogen (secondary N) is 2. The molecule has 1 heterocycles. The van der Waals surface area contributed by atoms with E-state index in [2.05, 4.69) is 27.2 Å². The number of anilines is 2. The predicted molar refractivity (Wildman–Crippen MR) is 132 cm³/mol. The Morgan fingerprint density at radius 2 is 1.94 bits per heavy atom. The molecule has 0 aliphatic heterocycles. The van der Waals surface area contributed by atoms with Crippen molar-refractivity contribution in [2.24, 2.45) is 10.7 Å². The molecule has 0 aliphatic carbocycles. The molecule has 0 bridgehead atoms. The number of benzene rings is 2. The largest absolute Gasteiger partial charge is 0.405 e. The van der Waals surface area contributed by atoms with Gasteiger partial charge in [0.15, 0.2) is 0 Å². The highest BCUT2D eigenvalue weighted by atomic mass is 35.5. The van der Waals surface area contributed by atoms with E-state index in [1.54, 1.807) is 30.6 Å². The number of carbonyl (C=O) groups is 1. The number of halogens is 1. The number of nitrogens with zero attached hydrogens (tertiary/aromatic N) is 2. The summed E-state index contributed by atoms with van der Waals surface area (Å²) in [5.74, 6) is 0.625. The van der Waals surface area contributed by atoms with Crippen LogP contribution in [0.1, 0.15) is 27.0 Å². The standard InChI is InChI=1S/C25H24ClN5O/c1-17-5-10-22(31-25(32)20-8-6-19(15-26)7-9-20)14-24(17)30-18(2)29-23(11-12-27)21-4-3-13-28-16-21/h3-14,16,30H,2,15,27H2,1H3,(H,31,32)/b12-11-,29-23?. The Kier molecular flexibility index (Phi) is 7.78. The second kappa shape index (κ2) is 10.9. The summed E-state index contributed by atoms with van der Waals surface area (Å²) < 4.78 is 0. The van der Waals surface area contributed by atoms with Gasteiger partial charge in [0, 0.05) is 40.8 Å². The van der Waals surface area contributed by atoms with Gasteiger partial charge in [0.1, 0.15) is 5.82 Å². The summed E-state index contributed by atoms with van der Waals surface area (Å²) in [6, 6.07) is 16.5. The highest BCUT2D eigenvalue weighted by Crippen LogP contribution is 2.23. The fourth-order valence-electron chi connectivity index (χ4n) is 2.92. The summed E-state index contributed by atoms with van der Waals surface area (Å²) in [7, 11) is 0. The number of aromatic nitrogens is 1. The number of pyridine rings is 1. The first-order valence-electron chi connectivity index (χ1n) is 9.90. The number of aliphatic imine (C=N–C) groups is 1. The van der Waals surface area contributed by atoms with Crippen LogP contribution in [0.4, 0.5) is 11.4 Å². The number of alkyl halides is 1. The van der Waals surface area contributed by atoms with Crippen LogP contribution in [0.3, 0.4) is 0 Å². The summed E-state index contributed by atoms with van der Waals surface area (Å²) in [6.45, 7) is 5.96. The number of rotatable bonds is 8. The molecule has 0 saturated carbocycles. The van der Waals surface area contributed by atoms with E-state index in [0.717, 1.165) is 22.4 Å². The molecular formula is C25H24ClN5O. The second-order valence-corrected chi connectivity index (χ2v) is 7.25. The molecule has 0 saturated heterocycles. The molecule has 3 rings (SSSR count). The zero-order valence-corrected chi connectivity index (χ0v) is 18.4. The molecule has 3 aromatic rings. The maximum Gasteiger partial charge on any atom is 0.255 e. The Hall–Kier alpha value is -3.90. The van der Waals surface area contributed by atoms with Gasteiger partial charge >= 0.3 is 0 Å². The van der Waals surface area contributed by atoms with Crippen LogP contribution in [0.2, 0.25) is 0 Å². The van der Waals surface area contributed by atoms with Gasteiger partial charge in [0.25, 0.3) is 5.91 Å². The fourth-order valence-corrected chi connectivity index (χ4v) is 3.09. The third-order valence-electron chi connectivity index (χ3n) is 4.61. The van der Waals surface area contributed by atoms with Crippen LogP contribution in [-0.2, 0) is 5.88 Å². The number of carbonyl (C=O) groups excluding carboxylic acids is 1. The number of nitrogens with two attached hydrogens (primary N) is 1. The summed E-state index contributed by atoms with van der Waals surface area (Å²) >= 11 is 5.81. The van der Waals surface area contributed by atoms with Gasteiger partial charge in [0.2, 0.25) is 0 Å². The van der Waals surface area contributed by atoms with Crippen molar-refractivity contribution in [3.8, 4) is 0 Å². The summed E-state index contributed by atoms with van der Waals surface area (Å²) in [4.78, 5) is 21.2. The van der Waals surface area contributed by atoms with Crippen LogP contribution < -0.4 is 16.4 Å². The van der Waals surface area contributed by atoms with E-state index >= 15 is 0 Å². The lowest BCUT2D eigenvalue weighted by molar-refractivity contribution is 0.102. The maximum atomic E-state index is 12.6. The van der Waals surface area contributed by atoms with Gasteiger partial charge in [-0.15, -0.1) is 11.6 Å². The second-order valence-electron chi connectivity index (χ2n) is 6.98. The average molecular weight is 446 g/mol. The number of amides is 1. The molecule has 0 unspecified atom stereocenters. The van der Waals surface area contributed by atoms with E-state index in [0.29, 0.717) is 28.7 Å². The number of allylic oxidation sites excluding steroid dienone is 1. The lowest BCUT2D eigenvalue weighted by Gasteiger charge is -2.13. The smallest absolute Gasteiger partial charge is 0.255 e. The molecule has 0 atom stereocenters. The van der Waals surface area contributed by atoms with E-state index in [1.165, 1.54) is 6.20 Å². The first kappa shape index (κ1) is 22.8. The van der Waals surface area contributed by atoms with Crippen molar-refractivity contribution >= 4 is 34.6 Å². The van der Waals surface area contributed by atoms with Gasteiger partial charge in [-0.1, -0.05) is 24.8 Å². The molecular weight excluding hydrogens is 422 g/mol. The number of hydrogen-bond donors (Lipinski definition) is 3. The molecule has 0 fully saturated rings. The van der Waals surface area contributed by atoms with E-state index < -0.39 is 0 Å². The van der Waals surface area contributed by atoms with Crippen LogP contribution in [0.15, 0.2) is 96.7 Å². The van der Waals surface area contributed by atoms with Crippen molar-refractivity contribution < 1.29 is 4.79 Å². The van der Waals surface area contributed by atoms with Gasteiger partial charge in [-0.25, -0.2) is 4.99 Å². The summed E-state index contributed by atoms with van der Waals surface area (Å²) in [6.07, 6.45) is 6.49. The Bertz CT molecular complexity index is 1150. The molecule has 0 radical (unpaired) electrons. The zero-order valence-electron chi connectivity index (χ0n) is 17.7. The van der Waals surface area contributed by atoms with Gasteiger partial charge < -0.3 is 16.4 Å². The average Bonchev–Trinajstić information content (AvgIpc) is 2.81. The lowest BCUT2D eigenvalue weighted by Crippen LogP contribution is -2.12. The third-order valence-corrected chi connectivity index (χ3v) is 4.92. The summed E-state index contributed by atoms with van der Waals surface area (Å²) in [5, 5.41) is 6.10. The Labute approximate surface area is 192 Å². The van der Waals surface area contributed by atoms with Gasteiger partial charge in [-0.2, -0.15) is 0 Å². The van der Waals surface area contributed by atoms with Gasteiger partial charge in [0.05, 0.1) is 5.71 Å². The fraction of sp³-hybridized carbons (Fsp3) is 0.0800. The minimum atomic E-state index is -0.204. The predicted octanol–water partition coefficient (Wildman–Crippen LogP) is 5.23. The molecule has 1 aromatic heterocycles. The Balaban J connectivity index is 1.76. The lowest BCUT2D eigenvalue weighted by atomic mass is 10.1. The van der Waals surface area contributed by atoms with Crippen LogP contribution >= 0.6 is 11.6 Å². The molecule has 4 N–H and O–H groups in total. The Morgan fingerprint density at radius 3 is 2.59 bits per heavy atom. The molecule has 6 nitrogen and oxygen atoms in total. The molecule has 2 aromatic carbocycles. The highest BCUT2D eigenvalue weighted by Gasteiger charge is 2.09. The van der Waals surface area contributed by atoms with Crippen molar-refractivity contribution in [2.75, 3.05) is 10.6 Å². The third kappa shape index (κ3) is 6.06. The molecule has 7 heteroatoms. The minimum Gasteiger partial charge on any atom is -0.405 e. The number of aryl methyl sites for hydroxylation is 1. The van der Waals surface area contributed by atoms with E-state index in [9.17, 15) is 4.79 Å². The molecule has 0 spiro atoms. The van der Waals surface area contributed by atoms with Crippen molar-refractivity contribution in [3.05, 3.63) is 114 Å². The highest BCUT2D eigenvalue weighted by molar-refractivity contribution is 6.17. The molecule has 0 aliphatic rings. The van der Waals surface area contributed by atoms with Crippen LogP contribution in [-0.4, -0.2) is 16.6 Å². The van der Waals surface area contributed by atoms with E-state index in [1.807, 2.05) is 49.4 Å². The molecule has 32 heavy (non-hydrogen) atoms. The SMILES string of the molecule is C=C(N=C(/C=C\N)c1cccnc1)Nc1cc(NC(=O)c2ccc(CCl)cc2)ccc1C. The normalized spacial score (nSPS) is 11.4. The van der Waals surface area contributed by atoms with Crippen LogP contribution in [0.5, 0.6) is 0 Å². The zero-order chi connectivity index (χ0) is 22.9. The van der Waals surface area contributed by atoms with Crippen molar-refractivity contribution in [1.82, 2.24) is 4.98 Å². The molecule has 1 amide bonds.